The molecule has 0 aliphatic heterocycles. The lowest BCUT2D eigenvalue weighted by Gasteiger charge is -2.14. The Hall–Kier alpha value is -2.19. The van der Waals surface area contributed by atoms with Crippen molar-refractivity contribution in [2.75, 3.05) is 11.6 Å². The van der Waals surface area contributed by atoms with Gasteiger partial charge in [0.25, 0.3) is 5.91 Å². The van der Waals surface area contributed by atoms with Crippen molar-refractivity contribution >= 4 is 38.0 Å². The monoisotopic (exact) mass is 406 g/mol. The van der Waals surface area contributed by atoms with Crippen molar-refractivity contribution in [1.82, 2.24) is 5.32 Å². The van der Waals surface area contributed by atoms with Gasteiger partial charge in [-0.2, -0.15) is 0 Å². The minimum Gasteiger partial charge on any atom is -0.345 e. The topological polar surface area (TPSA) is 92.3 Å². The molecule has 1 saturated carbocycles. The van der Waals surface area contributed by atoms with Crippen molar-refractivity contribution in [3.8, 4) is 0 Å². The van der Waals surface area contributed by atoms with Gasteiger partial charge >= 0.3 is 0 Å². The Balaban J connectivity index is 1.67. The minimum atomic E-state index is -3.25. The van der Waals surface area contributed by atoms with Crippen LogP contribution in [0.25, 0.3) is 0 Å². The molecule has 0 bridgehead atoms. The highest BCUT2D eigenvalue weighted by Crippen LogP contribution is 2.33. The molecule has 3 rings (SSSR count). The van der Waals surface area contributed by atoms with E-state index in [4.69, 9.17) is 0 Å². The maximum atomic E-state index is 12.6. The smallest absolute Gasteiger partial charge is 0.262 e. The lowest BCUT2D eigenvalue weighted by atomic mass is 10.1. The number of rotatable bonds is 6. The zero-order valence-corrected chi connectivity index (χ0v) is 17.0. The Morgan fingerprint density at radius 1 is 1.19 bits per heavy atom. The lowest BCUT2D eigenvalue weighted by Crippen LogP contribution is -2.26. The van der Waals surface area contributed by atoms with E-state index in [2.05, 4.69) is 10.6 Å². The van der Waals surface area contributed by atoms with E-state index < -0.39 is 9.84 Å². The molecule has 0 spiro atoms. The zero-order valence-electron chi connectivity index (χ0n) is 15.4. The van der Waals surface area contributed by atoms with Gasteiger partial charge in [0.05, 0.1) is 20.8 Å². The summed E-state index contributed by atoms with van der Waals surface area (Å²) in [4.78, 5) is 25.3. The van der Waals surface area contributed by atoms with Gasteiger partial charge in [0.15, 0.2) is 9.84 Å². The largest absolute Gasteiger partial charge is 0.345 e. The van der Waals surface area contributed by atoms with E-state index in [1.807, 2.05) is 19.9 Å². The van der Waals surface area contributed by atoms with Gasteiger partial charge in [-0.05, 0) is 56.0 Å². The number of carbonyl (C=O) groups is 2. The molecule has 6 nitrogen and oxygen atoms in total. The molecule has 27 heavy (non-hydrogen) atoms. The van der Waals surface area contributed by atoms with E-state index in [0.717, 1.165) is 30.2 Å². The van der Waals surface area contributed by atoms with Gasteiger partial charge in [0, 0.05) is 12.2 Å². The number of carbonyl (C=O) groups excluding carboxylic acids is 2. The average molecular weight is 407 g/mol. The molecule has 8 heteroatoms. The normalized spacial score (nSPS) is 15.2. The van der Waals surface area contributed by atoms with Crippen molar-refractivity contribution in [2.24, 2.45) is 5.92 Å². The number of anilines is 1. The Morgan fingerprint density at radius 3 is 2.37 bits per heavy atom. The first-order valence-electron chi connectivity index (χ1n) is 8.67. The van der Waals surface area contributed by atoms with Crippen LogP contribution in [0.4, 0.5) is 5.00 Å². The Bertz CT molecular complexity index is 974. The van der Waals surface area contributed by atoms with Crippen LogP contribution in [-0.4, -0.2) is 26.5 Å². The molecule has 0 radical (unpaired) electrons. The Morgan fingerprint density at radius 2 is 1.81 bits per heavy atom. The van der Waals surface area contributed by atoms with Gasteiger partial charge in [-0.25, -0.2) is 8.42 Å². The number of aryl methyl sites for hydroxylation is 1. The number of nitrogens with one attached hydrogen (secondary N) is 2. The summed E-state index contributed by atoms with van der Waals surface area (Å²) in [6.45, 7) is 3.68. The fourth-order valence-corrected chi connectivity index (χ4v) is 4.30. The van der Waals surface area contributed by atoms with Crippen LogP contribution in [0.1, 0.15) is 46.6 Å². The third-order valence-corrected chi connectivity index (χ3v) is 6.75. The van der Waals surface area contributed by atoms with E-state index in [9.17, 15) is 18.0 Å². The quantitative estimate of drug-likeness (QED) is 0.770. The van der Waals surface area contributed by atoms with Crippen LogP contribution in [0, 0.1) is 12.8 Å². The standard InChI is InChI=1S/C19H22N2O4S2/c1-11-10-16(21-18(22)14-4-5-14)26-17(11)19(23)20-12(2)13-6-8-15(9-7-13)27(3,24)25/h6-10,12,14H,4-5H2,1-3H3,(H,20,23)(H,21,22)/t12-/m1/s1. The summed E-state index contributed by atoms with van der Waals surface area (Å²) in [7, 11) is -3.25. The predicted octanol–water partition coefficient (Wildman–Crippen LogP) is 3.30. The van der Waals surface area contributed by atoms with Crippen LogP contribution in [0.15, 0.2) is 35.2 Å². The van der Waals surface area contributed by atoms with Crippen LogP contribution in [-0.2, 0) is 14.6 Å². The highest BCUT2D eigenvalue weighted by atomic mass is 32.2. The first kappa shape index (κ1) is 19.6. The van der Waals surface area contributed by atoms with E-state index >= 15 is 0 Å². The second-order valence-electron chi connectivity index (χ2n) is 6.92. The first-order valence-corrected chi connectivity index (χ1v) is 11.4. The average Bonchev–Trinajstić information content (AvgIpc) is 3.38. The van der Waals surface area contributed by atoms with Crippen molar-refractivity contribution in [1.29, 1.82) is 0 Å². The van der Waals surface area contributed by atoms with E-state index in [-0.39, 0.29) is 28.7 Å². The van der Waals surface area contributed by atoms with E-state index in [0.29, 0.717) is 9.88 Å². The number of hydrogen-bond acceptors (Lipinski definition) is 5. The van der Waals surface area contributed by atoms with Crippen LogP contribution < -0.4 is 10.6 Å². The molecule has 144 valence electrons. The van der Waals surface area contributed by atoms with Gasteiger partial charge in [-0.15, -0.1) is 11.3 Å². The molecule has 1 aromatic carbocycles. The third-order valence-electron chi connectivity index (χ3n) is 4.47. The summed E-state index contributed by atoms with van der Waals surface area (Å²) in [6.07, 6.45) is 3.02. The molecular formula is C19H22N2O4S2. The molecule has 2 aromatic rings. The fourth-order valence-electron chi connectivity index (χ4n) is 2.69. The number of sulfone groups is 1. The molecule has 1 heterocycles. The predicted molar refractivity (Wildman–Crippen MR) is 106 cm³/mol. The van der Waals surface area contributed by atoms with Crippen LogP contribution in [0.3, 0.4) is 0 Å². The molecule has 1 aliphatic carbocycles. The molecule has 1 atom stereocenters. The van der Waals surface area contributed by atoms with E-state index in [1.54, 1.807) is 12.1 Å². The highest BCUT2D eigenvalue weighted by Gasteiger charge is 2.30. The Kier molecular flexibility index (Phi) is 5.39. The number of benzene rings is 1. The van der Waals surface area contributed by atoms with Crippen LogP contribution in [0.2, 0.25) is 0 Å². The summed E-state index contributed by atoms with van der Waals surface area (Å²) < 4.78 is 23.1. The molecule has 1 fully saturated rings. The van der Waals surface area contributed by atoms with Crippen molar-refractivity contribution < 1.29 is 18.0 Å². The minimum absolute atomic E-state index is 0.0162. The van der Waals surface area contributed by atoms with Gasteiger partial charge in [0.1, 0.15) is 0 Å². The zero-order chi connectivity index (χ0) is 19.8. The highest BCUT2D eigenvalue weighted by molar-refractivity contribution is 7.90. The van der Waals surface area contributed by atoms with Crippen molar-refractivity contribution in [2.45, 2.75) is 37.6 Å². The molecule has 1 aliphatic rings. The molecule has 0 saturated heterocycles. The van der Waals surface area contributed by atoms with E-state index in [1.165, 1.54) is 23.5 Å². The fraction of sp³-hybridized carbons (Fsp3) is 0.368. The van der Waals surface area contributed by atoms with Crippen LogP contribution >= 0.6 is 11.3 Å². The lowest BCUT2D eigenvalue weighted by molar-refractivity contribution is -0.117. The summed E-state index contributed by atoms with van der Waals surface area (Å²) in [5.41, 5.74) is 1.62. The number of amides is 2. The maximum Gasteiger partial charge on any atom is 0.262 e. The molecule has 2 amide bonds. The summed E-state index contributed by atoms with van der Waals surface area (Å²) in [5, 5.41) is 6.47. The maximum absolute atomic E-state index is 12.6. The second-order valence-corrected chi connectivity index (χ2v) is 9.99. The van der Waals surface area contributed by atoms with Gasteiger partial charge in [0.2, 0.25) is 5.91 Å². The van der Waals surface area contributed by atoms with Gasteiger partial charge in [-0.3, -0.25) is 9.59 Å². The number of thiophene rings is 1. The molecule has 2 N–H and O–H groups in total. The van der Waals surface area contributed by atoms with Gasteiger partial charge < -0.3 is 10.6 Å². The molecular weight excluding hydrogens is 384 g/mol. The molecule has 0 unspecified atom stereocenters. The SMILES string of the molecule is Cc1cc(NC(=O)C2CC2)sc1C(=O)N[C@H](C)c1ccc(S(C)(=O)=O)cc1. The Labute approximate surface area is 162 Å². The van der Waals surface area contributed by atoms with Crippen molar-refractivity contribution in [3.05, 3.63) is 46.3 Å². The first-order chi connectivity index (χ1) is 12.6. The third kappa shape index (κ3) is 4.75. The van der Waals surface area contributed by atoms with Gasteiger partial charge in [-0.1, -0.05) is 12.1 Å². The van der Waals surface area contributed by atoms with Crippen LogP contribution in [0.5, 0.6) is 0 Å². The number of hydrogen-bond donors (Lipinski definition) is 2. The summed E-state index contributed by atoms with van der Waals surface area (Å²) in [5.74, 6) is -0.0914. The summed E-state index contributed by atoms with van der Waals surface area (Å²) in [6, 6.07) is 8.00. The van der Waals surface area contributed by atoms with Crippen molar-refractivity contribution in [3.63, 3.8) is 0 Å². The second kappa shape index (κ2) is 7.44. The molecule has 1 aromatic heterocycles. The summed E-state index contributed by atoms with van der Waals surface area (Å²) >= 11 is 1.26.